The van der Waals surface area contributed by atoms with E-state index in [4.69, 9.17) is 5.26 Å². The number of hydrogen-bond donors (Lipinski definition) is 3. The Morgan fingerprint density at radius 2 is 1.81 bits per heavy atom. The molecule has 0 aliphatic heterocycles. The average Bonchev–Trinajstić information content (AvgIpc) is 2.23. The molecule has 0 amide bonds. The van der Waals surface area contributed by atoms with Crippen LogP contribution in [0.25, 0.3) is 0 Å². The maximum Gasteiger partial charge on any atom is 0.162 e. The molecular weight excluding hydrogens is 220 g/mol. The highest BCUT2D eigenvalue weighted by Gasteiger charge is 2.23. The van der Waals surface area contributed by atoms with E-state index in [9.17, 15) is 24.1 Å². The van der Waals surface area contributed by atoms with Crippen LogP contribution in [0.5, 0.6) is 5.75 Å². The molecule has 0 aliphatic carbocycles. The van der Waals surface area contributed by atoms with E-state index in [0.29, 0.717) is 12.1 Å². The molecule has 1 rings (SSSR count). The van der Waals surface area contributed by atoms with Gasteiger partial charge in [-0.2, -0.15) is 5.26 Å². The summed E-state index contributed by atoms with van der Waals surface area (Å²) in [6.07, 6.45) is -3.50. The highest BCUT2D eigenvalue weighted by Crippen LogP contribution is 2.29. The molecule has 0 aromatic heterocycles. The number of nitriles is 1. The number of phenolic OH excluding ortho intramolecular Hbond substituents is 1. The maximum atomic E-state index is 12.8. The lowest BCUT2D eigenvalue weighted by Gasteiger charge is -2.16. The molecular formula is C10H9F2NO3. The van der Waals surface area contributed by atoms with Crippen LogP contribution in [0.2, 0.25) is 0 Å². The number of aliphatic hydroxyl groups excluding tert-OH is 2. The van der Waals surface area contributed by atoms with Gasteiger partial charge in [-0.15, -0.1) is 0 Å². The van der Waals surface area contributed by atoms with Gasteiger partial charge in [0.05, 0.1) is 18.6 Å². The fraction of sp³-hybridized carbons (Fsp3) is 0.300. The van der Waals surface area contributed by atoms with Crippen LogP contribution in [0.15, 0.2) is 12.1 Å². The number of halogens is 2. The zero-order valence-corrected chi connectivity index (χ0v) is 8.06. The lowest BCUT2D eigenvalue weighted by molar-refractivity contribution is 0.0200. The lowest BCUT2D eigenvalue weighted by atomic mass is 10.0. The number of aliphatic hydroxyl groups is 2. The smallest absolute Gasteiger partial charge is 0.162 e. The van der Waals surface area contributed by atoms with E-state index in [0.717, 1.165) is 0 Å². The highest BCUT2D eigenvalue weighted by atomic mass is 19.2. The molecule has 0 heterocycles. The molecule has 86 valence electrons. The number of benzene rings is 1. The molecule has 1 aromatic carbocycles. The summed E-state index contributed by atoms with van der Waals surface area (Å²) in [7, 11) is 0. The van der Waals surface area contributed by atoms with Gasteiger partial charge in [0.25, 0.3) is 0 Å². The van der Waals surface area contributed by atoms with E-state index in [1.165, 1.54) is 0 Å². The number of hydrogen-bond acceptors (Lipinski definition) is 4. The predicted molar refractivity (Wildman–Crippen MR) is 49.2 cm³/mol. The van der Waals surface area contributed by atoms with Crippen molar-refractivity contribution in [2.75, 3.05) is 0 Å². The number of aromatic hydroxyl groups is 1. The van der Waals surface area contributed by atoms with Crippen LogP contribution in [0.4, 0.5) is 8.78 Å². The monoisotopic (exact) mass is 229 g/mol. The van der Waals surface area contributed by atoms with Crippen molar-refractivity contribution in [1.82, 2.24) is 0 Å². The van der Waals surface area contributed by atoms with Crippen LogP contribution >= 0.6 is 0 Å². The number of rotatable bonds is 3. The second-order valence-electron chi connectivity index (χ2n) is 3.20. The zero-order valence-electron chi connectivity index (χ0n) is 8.06. The average molecular weight is 229 g/mol. The van der Waals surface area contributed by atoms with E-state index in [1.807, 2.05) is 0 Å². The minimum atomic E-state index is -1.64. The topological polar surface area (TPSA) is 84.5 Å². The third kappa shape index (κ3) is 2.45. The summed E-state index contributed by atoms with van der Waals surface area (Å²) in [5.74, 6) is -3.19. The Hall–Kier alpha value is -1.71. The number of phenols is 1. The molecule has 3 N–H and O–H groups in total. The highest BCUT2D eigenvalue weighted by molar-refractivity contribution is 5.35. The van der Waals surface area contributed by atoms with E-state index < -0.39 is 29.6 Å². The quantitative estimate of drug-likeness (QED) is 0.721. The Morgan fingerprint density at radius 1 is 1.25 bits per heavy atom. The fourth-order valence-corrected chi connectivity index (χ4v) is 1.20. The van der Waals surface area contributed by atoms with Gasteiger partial charge in [-0.3, -0.25) is 0 Å². The Labute approximate surface area is 90.0 Å². The molecule has 16 heavy (non-hydrogen) atoms. The molecule has 4 nitrogen and oxygen atoms in total. The van der Waals surface area contributed by atoms with Crippen molar-refractivity contribution in [3.8, 4) is 11.8 Å². The summed E-state index contributed by atoms with van der Waals surface area (Å²) in [5, 5.41) is 36.2. The molecule has 0 fully saturated rings. The summed E-state index contributed by atoms with van der Waals surface area (Å²) in [6.45, 7) is 0. The normalized spacial score (nSPS) is 14.2. The standard InChI is InChI=1S/C10H9F2NO3/c11-6-3-5(9(15)4-7(6)12)10(16)8(14)1-2-13/h3-4,8,10,14-16H,1H2. The Balaban J connectivity index is 3.04. The van der Waals surface area contributed by atoms with Gasteiger partial charge in [0.2, 0.25) is 0 Å². The minimum Gasteiger partial charge on any atom is -0.507 e. The maximum absolute atomic E-state index is 12.8. The largest absolute Gasteiger partial charge is 0.507 e. The first-order valence-corrected chi connectivity index (χ1v) is 4.38. The van der Waals surface area contributed by atoms with Crippen molar-refractivity contribution in [1.29, 1.82) is 5.26 Å². The van der Waals surface area contributed by atoms with Crippen LogP contribution in [-0.4, -0.2) is 21.4 Å². The van der Waals surface area contributed by atoms with Gasteiger partial charge in [-0.1, -0.05) is 0 Å². The second kappa shape index (κ2) is 4.88. The van der Waals surface area contributed by atoms with Crippen molar-refractivity contribution in [3.05, 3.63) is 29.3 Å². The van der Waals surface area contributed by atoms with Gasteiger partial charge in [0.1, 0.15) is 11.9 Å². The molecule has 6 heteroatoms. The molecule has 0 bridgehead atoms. The molecule has 0 spiro atoms. The van der Waals surface area contributed by atoms with E-state index >= 15 is 0 Å². The first-order valence-electron chi connectivity index (χ1n) is 4.38. The van der Waals surface area contributed by atoms with E-state index in [2.05, 4.69) is 0 Å². The molecule has 0 saturated carbocycles. The van der Waals surface area contributed by atoms with Gasteiger partial charge in [0, 0.05) is 11.6 Å². The lowest BCUT2D eigenvalue weighted by Crippen LogP contribution is -2.17. The molecule has 0 aliphatic rings. The molecule has 1 aromatic rings. The zero-order chi connectivity index (χ0) is 12.3. The van der Waals surface area contributed by atoms with Crippen LogP contribution in [-0.2, 0) is 0 Å². The minimum absolute atomic E-state index is 0.360. The predicted octanol–water partition coefficient (Wildman–Crippen LogP) is 0.978. The summed E-state index contributed by atoms with van der Waals surface area (Å²) in [6, 6.07) is 2.68. The van der Waals surface area contributed by atoms with Gasteiger partial charge in [0.15, 0.2) is 11.6 Å². The second-order valence-corrected chi connectivity index (χ2v) is 3.20. The molecule has 2 unspecified atom stereocenters. The fourth-order valence-electron chi connectivity index (χ4n) is 1.20. The third-order valence-electron chi connectivity index (χ3n) is 2.05. The van der Waals surface area contributed by atoms with Crippen LogP contribution < -0.4 is 0 Å². The summed E-state index contributed by atoms with van der Waals surface area (Å²) in [4.78, 5) is 0. The first-order chi connectivity index (χ1) is 7.47. The molecule has 0 saturated heterocycles. The van der Waals surface area contributed by atoms with Crippen LogP contribution in [0.3, 0.4) is 0 Å². The van der Waals surface area contributed by atoms with E-state index in [1.54, 1.807) is 6.07 Å². The van der Waals surface area contributed by atoms with Crippen molar-refractivity contribution in [2.24, 2.45) is 0 Å². The van der Waals surface area contributed by atoms with Crippen LogP contribution in [0, 0.1) is 23.0 Å². The Kier molecular flexibility index (Phi) is 3.77. The third-order valence-corrected chi connectivity index (χ3v) is 2.05. The van der Waals surface area contributed by atoms with Gasteiger partial charge < -0.3 is 15.3 Å². The van der Waals surface area contributed by atoms with Gasteiger partial charge in [-0.05, 0) is 6.07 Å². The van der Waals surface area contributed by atoms with Crippen molar-refractivity contribution >= 4 is 0 Å². The summed E-state index contributed by atoms with van der Waals surface area (Å²) >= 11 is 0. The molecule has 2 atom stereocenters. The first kappa shape index (κ1) is 12.4. The van der Waals surface area contributed by atoms with Gasteiger partial charge in [-0.25, -0.2) is 8.78 Å². The van der Waals surface area contributed by atoms with Crippen molar-refractivity contribution in [2.45, 2.75) is 18.6 Å². The summed E-state index contributed by atoms with van der Waals surface area (Å²) in [5.41, 5.74) is -0.360. The Bertz CT molecular complexity index is 431. The van der Waals surface area contributed by atoms with Gasteiger partial charge >= 0.3 is 0 Å². The SMILES string of the molecule is N#CCC(O)C(O)c1cc(F)c(F)cc1O. The van der Waals surface area contributed by atoms with E-state index in [-0.39, 0.29) is 12.0 Å². The Morgan fingerprint density at radius 3 is 2.38 bits per heavy atom. The summed E-state index contributed by atoms with van der Waals surface area (Å²) < 4.78 is 25.5. The van der Waals surface area contributed by atoms with Crippen molar-refractivity contribution in [3.63, 3.8) is 0 Å². The van der Waals surface area contributed by atoms with Crippen molar-refractivity contribution < 1.29 is 24.1 Å². The number of nitrogens with zero attached hydrogens (tertiary/aromatic N) is 1. The molecule has 0 radical (unpaired) electrons. The van der Waals surface area contributed by atoms with Crippen LogP contribution in [0.1, 0.15) is 18.1 Å².